The number of rotatable bonds is 5. The lowest BCUT2D eigenvalue weighted by molar-refractivity contribution is -0.116. The summed E-state index contributed by atoms with van der Waals surface area (Å²) >= 11 is 5.87. The summed E-state index contributed by atoms with van der Waals surface area (Å²) in [6.45, 7) is 0. The van der Waals surface area contributed by atoms with Crippen LogP contribution in [-0.2, 0) is 11.2 Å². The first-order valence-corrected chi connectivity index (χ1v) is 7.88. The number of benzene rings is 2. The summed E-state index contributed by atoms with van der Waals surface area (Å²) < 4.78 is 18.6. The van der Waals surface area contributed by atoms with E-state index in [-0.39, 0.29) is 18.1 Å². The first-order chi connectivity index (χ1) is 11.6. The van der Waals surface area contributed by atoms with Gasteiger partial charge in [0.05, 0.1) is 0 Å². The standard InChI is InChI=1S/C19H15ClFNO2/c20-14-3-1-13(2-4-14)18-11-9-17(24-18)10-12-19(23)22-16-7-5-15(21)6-8-16/h1-9,11H,10,12H2,(H,22,23). The van der Waals surface area contributed by atoms with Gasteiger partial charge < -0.3 is 9.73 Å². The van der Waals surface area contributed by atoms with Gasteiger partial charge in [-0.2, -0.15) is 0 Å². The third-order valence-corrected chi connectivity index (χ3v) is 3.77. The zero-order valence-electron chi connectivity index (χ0n) is 12.8. The van der Waals surface area contributed by atoms with E-state index in [0.29, 0.717) is 17.1 Å². The predicted octanol–water partition coefficient (Wildman–Crippen LogP) is 5.31. The molecule has 3 aromatic rings. The molecule has 0 aliphatic carbocycles. The van der Waals surface area contributed by atoms with Crippen molar-refractivity contribution in [3.05, 3.63) is 77.3 Å². The molecule has 0 spiro atoms. The van der Waals surface area contributed by atoms with Gasteiger partial charge in [0.2, 0.25) is 5.91 Å². The van der Waals surface area contributed by atoms with Crippen LogP contribution in [0.1, 0.15) is 12.2 Å². The highest BCUT2D eigenvalue weighted by Crippen LogP contribution is 2.24. The Morgan fingerprint density at radius 3 is 2.42 bits per heavy atom. The lowest BCUT2D eigenvalue weighted by Crippen LogP contribution is -2.12. The largest absolute Gasteiger partial charge is 0.461 e. The van der Waals surface area contributed by atoms with Crippen molar-refractivity contribution in [2.24, 2.45) is 0 Å². The lowest BCUT2D eigenvalue weighted by atomic mass is 10.2. The number of anilines is 1. The van der Waals surface area contributed by atoms with Crippen molar-refractivity contribution in [3.63, 3.8) is 0 Å². The SMILES string of the molecule is O=C(CCc1ccc(-c2ccc(Cl)cc2)o1)Nc1ccc(F)cc1. The fourth-order valence-electron chi connectivity index (χ4n) is 2.28. The molecule has 3 rings (SSSR count). The number of carbonyl (C=O) groups is 1. The number of nitrogens with one attached hydrogen (secondary N) is 1. The van der Waals surface area contributed by atoms with Crippen molar-refractivity contribution in [1.29, 1.82) is 0 Å². The first-order valence-electron chi connectivity index (χ1n) is 7.50. The Morgan fingerprint density at radius 2 is 1.71 bits per heavy atom. The quantitative estimate of drug-likeness (QED) is 0.682. The molecule has 1 aromatic heterocycles. The molecule has 3 nitrogen and oxygen atoms in total. The van der Waals surface area contributed by atoms with Crippen LogP contribution >= 0.6 is 11.6 Å². The molecule has 0 fully saturated rings. The van der Waals surface area contributed by atoms with Gasteiger partial charge in [-0.3, -0.25) is 4.79 Å². The van der Waals surface area contributed by atoms with Crippen molar-refractivity contribution in [1.82, 2.24) is 0 Å². The average Bonchev–Trinajstić information content (AvgIpc) is 3.05. The van der Waals surface area contributed by atoms with Gasteiger partial charge in [-0.25, -0.2) is 4.39 Å². The second-order valence-electron chi connectivity index (χ2n) is 5.33. The topological polar surface area (TPSA) is 42.2 Å². The number of hydrogen-bond donors (Lipinski definition) is 1. The Labute approximate surface area is 144 Å². The van der Waals surface area contributed by atoms with Crippen molar-refractivity contribution in [2.45, 2.75) is 12.8 Å². The second-order valence-corrected chi connectivity index (χ2v) is 5.76. The molecule has 0 aliphatic heterocycles. The van der Waals surface area contributed by atoms with Crippen molar-refractivity contribution < 1.29 is 13.6 Å². The molecule has 1 amide bonds. The highest BCUT2D eigenvalue weighted by molar-refractivity contribution is 6.30. The van der Waals surface area contributed by atoms with E-state index in [0.717, 1.165) is 17.1 Å². The molecule has 0 atom stereocenters. The Morgan fingerprint density at radius 1 is 1.00 bits per heavy atom. The van der Waals surface area contributed by atoms with Crippen LogP contribution in [0.2, 0.25) is 5.02 Å². The molecule has 0 aliphatic rings. The van der Waals surface area contributed by atoms with Crippen LogP contribution < -0.4 is 5.32 Å². The monoisotopic (exact) mass is 343 g/mol. The van der Waals surface area contributed by atoms with Crippen LogP contribution in [0.15, 0.2) is 65.1 Å². The number of amides is 1. The van der Waals surface area contributed by atoms with Crippen LogP contribution in [0.5, 0.6) is 0 Å². The van der Waals surface area contributed by atoms with Crippen LogP contribution in [-0.4, -0.2) is 5.91 Å². The highest BCUT2D eigenvalue weighted by Gasteiger charge is 2.08. The van der Waals surface area contributed by atoms with Gasteiger partial charge in [0, 0.05) is 29.1 Å². The molecule has 0 unspecified atom stereocenters. The van der Waals surface area contributed by atoms with Gasteiger partial charge in [-0.1, -0.05) is 11.6 Å². The van der Waals surface area contributed by atoms with E-state index in [4.69, 9.17) is 16.0 Å². The van der Waals surface area contributed by atoms with Gasteiger partial charge in [0.25, 0.3) is 0 Å². The summed E-state index contributed by atoms with van der Waals surface area (Å²) in [4.78, 5) is 11.9. The maximum absolute atomic E-state index is 12.8. The Kier molecular flexibility index (Phi) is 4.96. The fourth-order valence-corrected chi connectivity index (χ4v) is 2.40. The van der Waals surface area contributed by atoms with Gasteiger partial charge in [0.15, 0.2) is 0 Å². The molecule has 2 aromatic carbocycles. The molecule has 0 saturated heterocycles. The highest BCUT2D eigenvalue weighted by atomic mass is 35.5. The van der Waals surface area contributed by atoms with Crippen molar-refractivity contribution in [2.75, 3.05) is 5.32 Å². The molecule has 5 heteroatoms. The predicted molar refractivity (Wildman–Crippen MR) is 92.5 cm³/mol. The van der Waals surface area contributed by atoms with E-state index < -0.39 is 0 Å². The summed E-state index contributed by atoms with van der Waals surface area (Å²) in [5.74, 6) is 0.985. The van der Waals surface area contributed by atoms with E-state index in [1.54, 1.807) is 12.1 Å². The molecule has 24 heavy (non-hydrogen) atoms. The zero-order chi connectivity index (χ0) is 16.9. The van der Waals surface area contributed by atoms with E-state index in [2.05, 4.69) is 5.32 Å². The van der Waals surface area contributed by atoms with E-state index >= 15 is 0 Å². The Balaban J connectivity index is 1.56. The van der Waals surface area contributed by atoms with Crippen molar-refractivity contribution in [3.8, 4) is 11.3 Å². The van der Waals surface area contributed by atoms with Crippen LogP contribution in [0, 0.1) is 5.82 Å². The second kappa shape index (κ2) is 7.32. The smallest absolute Gasteiger partial charge is 0.224 e. The summed E-state index contributed by atoms with van der Waals surface area (Å²) in [5.41, 5.74) is 1.50. The molecular weight excluding hydrogens is 329 g/mol. The van der Waals surface area contributed by atoms with Crippen LogP contribution in [0.4, 0.5) is 10.1 Å². The number of hydrogen-bond acceptors (Lipinski definition) is 2. The minimum Gasteiger partial charge on any atom is -0.461 e. The zero-order valence-corrected chi connectivity index (χ0v) is 13.5. The summed E-state index contributed by atoms with van der Waals surface area (Å²) in [6.07, 6.45) is 0.769. The molecule has 0 radical (unpaired) electrons. The van der Waals surface area contributed by atoms with Gasteiger partial charge in [0.1, 0.15) is 17.3 Å². The lowest BCUT2D eigenvalue weighted by Gasteiger charge is -2.04. The summed E-state index contributed by atoms with van der Waals surface area (Å²) in [5, 5.41) is 3.39. The minimum absolute atomic E-state index is 0.147. The molecule has 1 heterocycles. The van der Waals surface area contributed by atoms with Crippen LogP contribution in [0.25, 0.3) is 11.3 Å². The molecule has 1 N–H and O–H groups in total. The number of halogens is 2. The van der Waals surface area contributed by atoms with Crippen molar-refractivity contribution >= 4 is 23.2 Å². The normalized spacial score (nSPS) is 10.6. The average molecular weight is 344 g/mol. The van der Waals surface area contributed by atoms with Gasteiger partial charge in [-0.05, 0) is 60.7 Å². The fraction of sp³-hybridized carbons (Fsp3) is 0.105. The minimum atomic E-state index is -0.335. The Hall–Kier alpha value is -2.59. The van der Waals surface area contributed by atoms with Gasteiger partial charge in [-0.15, -0.1) is 0 Å². The first kappa shape index (κ1) is 16.3. The van der Waals surface area contributed by atoms with E-state index in [1.165, 1.54) is 24.3 Å². The summed E-state index contributed by atoms with van der Waals surface area (Å²) in [7, 11) is 0. The maximum Gasteiger partial charge on any atom is 0.224 e. The third kappa shape index (κ3) is 4.24. The summed E-state index contributed by atoms with van der Waals surface area (Å²) in [6, 6.07) is 16.8. The Bertz CT molecular complexity index is 825. The maximum atomic E-state index is 12.8. The number of aryl methyl sites for hydroxylation is 1. The van der Waals surface area contributed by atoms with E-state index in [1.807, 2.05) is 24.3 Å². The molecule has 0 saturated carbocycles. The van der Waals surface area contributed by atoms with E-state index in [9.17, 15) is 9.18 Å². The molecule has 0 bridgehead atoms. The number of furan rings is 1. The molecule has 122 valence electrons. The van der Waals surface area contributed by atoms with Crippen LogP contribution in [0.3, 0.4) is 0 Å². The molecular formula is C19H15ClFNO2. The third-order valence-electron chi connectivity index (χ3n) is 3.52. The van der Waals surface area contributed by atoms with Gasteiger partial charge >= 0.3 is 0 Å². The number of carbonyl (C=O) groups excluding carboxylic acids is 1.